The molecule has 0 amide bonds. The summed E-state index contributed by atoms with van der Waals surface area (Å²) in [5.41, 5.74) is 1.31. The number of aromatic amines is 1. The number of nitrogens with zero attached hydrogens (tertiary/aromatic N) is 3. The molecule has 0 saturated heterocycles. The monoisotopic (exact) mass is 372 g/mol. The molecule has 0 spiro atoms. The average Bonchev–Trinajstić information content (AvgIpc) is 2.62. The molecule has 126 valence electrons. The van der Waals surface area contributed by atoms with Crippen LogP contribution in [-0.4, -0.2) is 21.1 Å². The molecule has 0 aliphatic rings. The van der Waals surface area contributed by atoms with Gasteiger partial charge in [-0.3, -0.25) is 9.89 Å². The largest absolute Gasteiger partial charge is 0.489 e. The second-order valence-corrected chi connectivity index (χ2v) is 5.81. The van der Waals surface area contributed by atoms with Crippen LogP contribution in [-0.2, 0) is 6.61 Å². The number of halogens is 1. The fraction of sp³-hybridized carbons (Fsp3) is 0.0588. The highest BCUT2D eigenvalue weighted by Crippen LogP contribution is 2.18. The molecule has 8 heteroatoms. The van der Waals surface area contributed by atoms with Crippen LogP contribution in [0.3, 0.4) is 0 Å². The molecule has 2 aromatic carbocycles. The second-order valence-electron chi connectivity index (χ2n) is 5.02. The van der Waals surface area contributed by atoms with Gasteiger partial charge in [-0.1, -0.05) is 29.8 Å². The Morgan fingerprint density at radius 1 is 1.24 bits per heavy atom. The van der Waals surface area contributed by atoms with E-state index in [-0.39, 0.29) is 4.77 Å². The zero-order chi connectivity index (χ0) is 17.6. The van der Waals surface area contributed by atoms with Crippen LogP contribution < -0.4 is 10.3 Å². The van der Waals surface area contributed by atoms with E-state index in [0.29, 0.717) is 17.4 Å². The molecule has 0 aliphatic carbocycles. The third-order valence-electron chi connectivity index (χ3n) is 3.29. The lowest BCUT2D eigenvalue weighted by molar-refractivity contribution is 0.306. The molecular weight excluding hydrogens is 360 g/mol. The third kappa shape index (κ3) is 4.40. The molecule has 0 fully saturated rings. The molecule has 1 N–H and O–H groups in total. The Morgan fingerprint density at radius 3 is 2.72 bits per heavy atom. The highest BCUT2D eigenvalue weighted by atomic mass is 35.5. The van der Waals surface area contributed by atoms with Gasteiger partial charge in [0.2, 0.25) is 4.77 Å². The van der Waals surface area contributed by atoms with Gasteiger partial charge >= 0.3 is 0 Å². The second kappa shape index (κ2) is 7.87. The van der Waals surface area contributed by atoms with E-state index in [4.69, 9.17) is 28.6 Å². The van der Waals surface area contributed by atoms with Gasteiger partial charge in [0.25, 0.3) is 5.56 Å². The molecule has 0 saturated carbocycles. The van der Waals surface area contributed by atoms with Crippen LogP contribution in [0.4, 0.5) is 0 Å². The van der Waals surface area contributed by atoms with Crippen molar-refractivity contribution in [2.45, 2.75) is 6.61 Å². The molecule has 0 atom stereocenters. The summed E-state index contributed by atoms with van der Waals surface area (Å²) in [6.45, 7) is 0.384. The summed E-state index contributed by atoms with van der Waals surface area (Å²) in [5, 5.41) is 10.8. The number of hydrogen-bond acceptors (Lipinski definition) is 5. The smallest absolute Gasteiger partial charge is 0.293 e. The number of nitrogens with one attached hydrogen (secondary N) is 1. The van der Waals surface area contributed by atoms with E-state index in [0.717, 1.165) is 22.0 Å². The maximum atomic E-state index is 11.6. The molecule has 3 rings (SSSR count). The first-order valence-electron chi connectivity index (χ1n) is 7.31. The SMILES string of the molecule is O=c1cn[nH]c(=S)n1/N=C/c1ccc(OCc2ccccc2Cl)cc1. The first-order valence-corrected chi connectivity index (χ1v) is 8.09. The molecule has 0 radical (unpaired) electrons. The van der Waals surface area contributed by atoms with E-state index in [1.807, 2.05) is 48.5 Å². The summed E-state index contributed by atoms with van der Waals surface area (Å²) in [4.78, 5) is 11.6. The van der Waals surface area contributed by atoms with Crippen molar-refractivity contribution in [2.75, 3.05) is 0 Å². The summed E-state index contributed by atoms with van der Waals surface area (Å²) in [6, 6.07) is 14.8. The lowest BCUT2D eigenvalue weighted by Crippen LogP contribution is -2.18. The van der Waals surface area contributed by atoms with Crippen LogP contribution in [0.5, 0.6) is 5.75 Å². The third-order valence-corrected chi connectivity index (χ3v) is 3.92. The van der Waals surface area contributed by atoms with E-state index in [1.54, 1.807) is 0 Å². The van der Waals surface area contributed by atoms with Gasteiger partial charge in [0.15, 0.2) is 0 Å². The van der Waals surface area contributed by atoms with Gasteiger partial charge in [-0.15, -0.1) is 0 Å². The highest BCUT2D eigenvalue weighted by molar-refractivity contribution is 7.71. The quantitative estimate of drug-likeness (QED) is 0.550. The summed E-state index contributed by atoms with van der Waals surface area (Å²) in [6.07, 6.45) is 2.64. The van der Waals surface area contributed by atoms with Crippen LogP contribution in [0.15, 0.2) is 64.6 Å². The van der Waals surface area contributed by atoms with Gasteiger partial charge in [-0.25, -0.2) is 0 Å². The normalized spacial score (nSPS) is 10.9. The zero-order valence-electron chi connectivity index (χ0n) is 12.9. The Bertz CT molecular complexity index is 984. The fourth-order valence-electron chi connectivity index (χ4n) is 2.01. The Kier molecular flexibility index (Phi) is 5.37. The van der Waals surface area contributed by atoms with Gasteiger partial charge in [0.05, 0.1) is 6.21 Å². The molecular formula is C17H13ClN4O2S. The highest BCUT2D eigenvalue weighted by Gasteiger charge is 2.01. The van der Waals surface area contributed by atoms with E-state index in [2.05, 4.69) is 15.3 Å². The van der Waals surface area contributed by atoms with E-state index in [1.165, 1.54) is 6.21 Å². The van der Waals surface area contributed by atoms with E-state index in [9.17, 15) is 4.79 Å². The zero-order valence-corrected chi connectivity index (χ0v) is 14.5. The van der Waals surface area contributed by atoms with Crippen molar-refractivity contribution in [1.82, 2.24) is 14.9 Å². The Labute approximate surface area is 153 Å². The molecule has 0 bridgehead atoms. The van der Waals surface area contributed by atoms with E-state index >= 15 is 0 Å². The number of aromatic nitrogens is 3. The molecule has 0 unspecified atom stereocenters. The van der Waals surface area contributed by atoms with Crippen LogP contribution in [0, 0.1) is 4.77 Å². The minimum absolute atomic E-state index is 0.128. The van der Waals surface area contributed by atoms with Crippen LogP contribution >= 0.6 is 23.8 Å². The number of benzene rings is 2. The minimum Gasteiger partial charge on any atom is -0.489 e. The number of H-pyrrole nitrogens is 1. The van der Waals surface area contributed by atoms with Crippen molar-refractivity contribution in [3.8, 4) is 5.75 Å². The van der Waals surface area contributed by atoms with Crippen molar-refractivity contribution in [1.29, 1.82) is 0 Å². The van der Waals surface area contributed by atoms with E-state index < -0.39 is 5.56 Å². The lowest BCUT2D eigenvalue weighted by Gasteiger charge is -2.07. The number of ether oxygens (including phenoxy) is 1. The van der Waals surface area contributed by atoms with Crippen LogP contribution in [0.2, 0.25) is 5.02 Å². The van der Waals surface area contributed by atoms with Crippen molar-refractivity contribution in [3.05, 3.63) is 86.0 Å². The standard InChI is InChI=1S/C17H13ClN4O2S/c18-15-4-2-1-3-13(15)11-24-14-7-5-12(6-8-14)9-20-22-16(23)10-19-21-17(22)25/h1-10H,11H2,(H,21,25)/b20-9+. The molecule has 0 aliphatic heterocycles. The molecule has 1 aromatic heterocycles. The maximum Gasteiger partial charge on any atom is 0.293 e. The molecule has 25 heavy (non-hydrogen) atoms. The van der Waals surface area contributed by atoms with Gasteiger partial charge in [0, 0.05) is 10.6 Å². The average molecular weight is 373 g/mol. The van der Waals surface area contributed by atoms with Crippen molar-refractivity contribution in [2.24, 2.45) is 5.10 Å². The summed E-state index contributed by atoms with van der Waals surface area (Å²) in [7, 11) is 0. The first-order chi connectivity index (χ1) is 12.1. The lowest BCUT2D eigenvalue weighted by atomic mass is 10.2. The van der Waals surface area contributed by atoms with Crippen molar-refractivity contribution < 1.29 is 4.74 Å². The maximum absolute atomic E-state index is 11.6. The molecule has 3 aromatic rings. The predicted molar refractivity (Wildman–Crippen MR) is 98.9 cm³/mol. The summed E-state index contributed by atoms with van der Waals surface area (Å²) >= 11 is 11.1. The summed E-state index contributed by atoms with van der Waals surface area (Å²) in [5.74, 6) is 0.704. The number of rotatable bonds is 5. The Hall–Kier alpha value is -2.77. The van der Waals surface area contributed by atoms with Crippen LogP contribution in [0.25, 0.3) is 0 Å². The minimum atomic E-state index is -0.403. The fourth-order valence-corrected chi connectivity index (χ4v) is 2.39. The molecule has 6 nitrogen and oxygen atoms in total. The van der Waals surface area contributed by atoms with Gasteiger partial charge in [-0.2, -0.15) is 14.9 Å². The predicted octanol–water partition coefficient (Wildman–Crippen LogP) is 3.42. The van der Waals surface area contributed by atoms with Gasteiger partial charge < -0.3 is 4.74 Å². The first kappa shape index (κ1) is 17.1. The molecule has 1 heterocycles. The Morgan fingerprint density at radius 2 is 2.00 bits per heavy atom. The topological polar surface area (TPSA) is 72.3 Å². The van der Waals surface area contributed by atoms with Gasteiger partial charge in [0.1, 0.15) is 18.6 Å². The van der Waals surface area contributed by atoms with Crippen molar-refractivity contribution >= 4 is 30.0 Å². The number of hydrogen-bond donors (Lipinski definition) is 1. The summed E-state index contributed by atoms with van der Waals surface area (Å²) < 4.78 is 6.90. The van der Waals surface area contributed by atoms with Crippen LogP contribution in [0.1, 0.15) is 11.1 Å². The van der Waals surface area contributed by atoms with Gasteiger partial charge in [-0.05, 0) is 48.1 Å². The Balaban J connectivity index is 1.68. The van der Waals surface area contributed by atoms with Crippen molar-refractivity contribution in [3.63, 3.8) is 0 Å².